The van der Waals surface area contributed by atoms with Crippen molar-refractivity contribution in [2.75, 3.05) is 19.8 Å². The van der Waals surface area contributed by atoms with Crippen LogP contribution in [-0.2, 0) is 17.8 Å². The predicted molar refractivity (Wildman–Crippen MR) is 139 cm³/mol. The first-order valence-electron chi connectivity index (χ1n) is 12.3. The van der Waals surface area contributed by atoms with Gasteiger partial charge in [0.15, 0.2) is 6.61 Å². The van der Waals surface area contributed by atoms with E-state index >= 15 is 0 Å². The van der Waals surface area contributed by atoms with Gasteiger partial charge in [-0.15, -0.1) is 0 Å². The molecule has 0 atom stereocenters. The minimum atomic E-state index is -0.115. The number of nitrogens with one attached hydrogen (secondary N) is 1. The number of imidazole rings is 1. The first-order valence-corrected chi connectivity index (χ1v) is 12.3. The molecule has 35 heavy (non-hydrogen) atoms. The van der Waals surface area contributed by atoms with Crippen molar-refractivity contribution in [1.82, 2.24) is 14.9 Å². The van der Waals surface area contributed by atoms with E-state index in [0.29, 0.717) is 18.9 Å². The van der Waals surface area contributed by atoms with Crippen molar-refractivity contribution in [2.24, 2.45) is 0 Å². The number of hydrogen-bond donors (Lipinski definition) is 1. The summed E-state index contributed by atoms with van der Waals surface area (Å²) in [5, 5.41) is 2.94. The molecule has 6 heteroatoms. The molecule has 3 aromatic carbocycles. The van der Waals surface area contributed by atoms with E-state index in [-0.39, 0.29) is 12.5 Å². The molecule has 182 valence electrons. The Morgan fingerprint density at radius 2 is 1.60 bits per heavy atom. The second-order valence-electron chi connectivity index (χ2n) is 8.59. The molecule has 0 aliphatic rings. The number of para-hydroxylation sites is 3. The summed E-state index contributed by atoms with van der Waals surface area (Å²) in [6.45, 7) is 4.27. The summed E-state index contributed by atoms with van der Waals surface area (Å²) in [5.74, 6) is 2.55. The highest BCUT2D eigenvalue weighted by atomic mass is 16.5. The number of rotatable bonds is 13. The van der Waals surface area contributed by atoms with Gasteiger partial charge in [0.05, 0.1) is 17.6 Å². The highest BCUT2D eigenvalue weighted by Gasteiger charge is 2.10. The van der Waals surface area contributed by atoms with Crippen LogP contribution in [0.2, 0.25) is 0 Å². The van der Waals surface area contributed by atoms with E-state index < -0.39 is 0 Å². The first kappa shape index (κ1) is 24.3. The van der Waals surface area contributed by atoms with Crippen LogP contribution in [0.4, 0.5) is 0 Å². The van der Waals surface area contributed by atoms with Crippen molar-refractivity contribution in [3.63, 3.8) is 0 Å². The molecular weight excluding hydrogens is 438 g/mol. The quantitative estimate of drug-likeness (QED) is 0.268. The van der Waals surface area contributed by atoms with E-state index in [1.807, 2.05) is 48.5 Å². The van der Waals surface area contributed by atoms with E-state index in [1.54, 1.807) is 0 Å². The fraction of sp³-hybridized carbons (Fsp3) is 0.310. The second-order valence-corrected chi connectivity index (χ2v) is 8.59. The number of carbonyl (C=O) groups excluding carboxylic acids is 1. The van der Waals surface area contributed by atoms with Gasteiger partial charge in [-0.2, -0.15) is 0 Å². The predicted octanol–water partition coefficient (Wildman–Crippen LogP) is 5.33. The number of benzene rings is 3. The molecule has 0 spiro atoms. The largest absolute Gasteiger partial charge is 0.494 e. The van der Waals surface area contributed by atoms with Crippen LogP contribution in [-0.4, -0.2) is 35.2 Å². The molecule has 1 amide bonds. The molecule has 0 unspecified atom stereocenters. The van der Waals surface area contributed by atoms with Crippen molar-refractivity contribution >= 4 is 16.9 Å². The molecule has 1 aromatic heterocycles. The fourth-order valence-corrected chi connectivity index (χ4v) is 3.95. The van der Waals surface area contributed by atoms with Crippen LogP contribution in [0.25, 0.3) is 11.0 Å². The normalized spacial score (nSPS) is 10.9. The Kier molecular flexibility index (Phi) is 8.76. The van der Waals surface area contributed by atoms with Crippen LogP contribution in [0.3, 0.4) is 0 Å². The summed E-state index contributed by atoms with van der Waals surface area (Å²) in [6, 6.07) is 25.8. The van der Waals surface area contributed by atoms with Gasteiger partial charge in [-0.05, 0) is 62.6 Å². The maximum absolute atomic E-state index is 12.1. The maximum atomic E-state index is 12.1. The van der Waals surface area contributed by atoms with Crippen molar-refractivity contribution < 1.29 is 14.3 Å². The third-order valence-corrected chi connectivity index (χ3v) is 5.81. The molecule has 6 nitrogen and oxygen atoms in total. The summed E-state index contributed by atoms with van der Waals surface area (Å²) < 4.78 is 13.7. The van der Waals surface area contributed by atoms with Crippen LogP contribution in [0.15, 0.2) is 78.9 Å². The number of ether oxygens (including phenoxy) is 2. The van der Waals surface area contributed by atoms with Gasteiger partial charge < -0.3 is 19.4 Å². The molecule has 4 aromatic rings. The molecule has 0 aliphatic heterocycles. The van der Waals surface area contributed by atoms with Gasteiger partial charge in [-0.25, -0.2) is 4.98 Å². The number of amides is 1. The Balaban J connectivity index is 1.23. The van der Waals surface area contributed by atoms with Gasteiger partial charge in [-0.1, -0.05) is 48.0 Å². The first-order chi connectivity index (χ1) is 17.2. The van der Waals surface area contributed by atoms with Crippen LogP contribution in [0.5, 0.6) is 11.5 Å². The zero-order chi connectivity index (χ0) is 24.3. The summed E-state index contributed by atoms with van der Waals surface area (Å²) in [5.41, 5.74) is 3.40. The SMILES string of the molecule is Cc1ccc(OCCCCn2c(CCCNC(=O)COc3ccccc3)nc3ccccc32)cc1. The lowest BCUT2D eigenvalue weighted by Gasteiger charge is -2.11. The van der Waals surface area contributed by atoms with Crippen molar-refractivity contribution in [1.29, 1.82) is 0 Å². The number of nitrogens with zero attached hydrogens (tertiary/aromatic N) is 2. The lowest BCUT2D eigenvalue weighted by Crippen LogP contribution is -2.30. The molecule has 1 N–H and O–H groups in total. The Hall–Kier alpha value is -3.80. The number of aryl methyl sites for hydroxylation is 3. The molecule has 0 radical (unpaired) electrons. The summed E-state index contributed by atoms with van der Waals surface area (Å²) in [7, 11) is 0. The zero-order valence-corrected chi connectivity index (χ0v) is 20.3. The van der Waals surface area contributed by atoms with Gasteiger partial charge in [0, 0.05) is 19.5 Å². The van der Waals surface area contributed by atoms with E-state index in [1.165, 1.54) is 5.56 Å². The fourth-order valence-electron chi connectivity index (χ4n) is 3.95. The lowest BCUT2D eigenvalue weighted by atomic mass is 10.2. The summed E-state index contributed by atoms with van der Waals surface area (Å²) in [6.07, 6.45) is 3.59. The standard InChI is InChI=1S/C29H33N3O3/c1-23-15-17-25(18-16-23)34-21-8-7-20-32-27-13-6-5-12-26(27)31-28(32)14-9-19-30-29(33)22-35-24-10-3-2-4-11-24/h2-6,10-13,15-18H,7-9,14,19-22H2,1H3,(H,30,33). The van der Waals surface area contributed by atoms with E-state index in [0.717, 1.165) is 54.8 Å². The Morgan fingerprint density at radius 1 is 0.857 bits per heavy atom. The Morgan fingerprint density at radius 3 is 2.43 bits per heavy atom. The number of unbranched alkanes of at least 4 members (excludes halogenated alkanes) is 1. The van der Waals surface area contributed by atoms with Crippen LogP contribution < -0.4 is 14.8 Å². The monoisotopic (exact) mass is 471 g/mol. The topological polar surface area (TPSA) is 65.4 Å². The maximum Gasteiger partial charge on any atom is 0.257 e. The molecule has 1 heterocycles. The van der Waals surface area contributed by atoms with Crippen molar-refractivity contribution in [2.45, 2.75) is 39.2 Å². The van der Waals surface area contributed by atoms with E-state index in [9.17, 15) is 4.79 Å². The highest BCUT2D eigenvalue weighted by molar-refractivity contribution is 5.77. The van der Waals surface area contributed by atoms with Crippen LogP contribution in [0.1, 0.15) is 30.7 Å². The third-order valence-electron chi connectivity index (χ3n) is 5.81. The summed E-state index contributed by atoms with van der Waals surface area (Å²) >= 11 is 0. The minimum Gasteiger partial charge on any atom is -0.494 e. The number of carbonyl (C=O) groups is 1. The van der Waals surface area contributed by atoms with E-state index in [4.69, 9.17) is 14.5 Å². The average Bonchev–Trinajstić information content (AvgIpc) is 3.24. The van der Waals surface area contributed by atoms with Crippen LogP contribution in [0, 0.1) is 6.92 Å². The molecule has 0 fully saturated rings. The average molecular weight is 472 g/mol. The summed E-state index contributed by atoms with van der Waals surface area (Å²) in [4.78, 5) is 16.9. The van der Waals surface area contributed by atoms with Gasteiger partial charge in [0.1, 0.15) is 17.3 Å². The number of hydrogen-bond acceptors (Lipinski definition) is 4. The Labute approximate surface area is 206 Å². The zero-order valence-electron chi connectivity index (χ0n) is 20.3. The molecule has 0 aliphatic carbocycles. The van der Waals surface area contributed by atoms with Crippen molar-refractivity contribution in [3.8, 4) is 11.5 Å². The van der Waals surface area contributed by atoms with Gasteiger partial charge in [0.2, 0.25) is 0 Å². The molecule has 0 bridgehead atoms. The smallest absolute Gasteiger partial charge is 0.257 e. The van der Waals surface area contributed by atoms with Crippen LogP contribution >= 0.6 is 0 Å². The number of aromatic nitrogens is 2. The number of fused-ring (bicyclic) bond motifs is 1. The van der Waals surface area contributed by atoms with Crippen molar-refractivity contribution in [3.05, 3.63) is 90.3 Å². The van der Waals surface area contributed by atoms with Gasteiger partial charge in [-0.3, -0.25) is 4.79 Å². The molecular formula is C29H33N3O3. The minimum absolute atomic E-state index is 0.0210. The second kappa shape index (κ2) is 12.6. The highest BCUT2D eigenvalue weighted by Crippen LogP contribution is 2.18. The molecule has 0 saturated heterocycles. The lowest BCUT2D eigenvalue weighted by molar-refractivity contribution is -0.123. The Bertz CT molecular complexity index is 1200. The van der Waals surface area contributed by atoms with E-state index in [2.05, 4.69) is 47.1 Å². The third kappa shape index (κ3) is 7.34. The van der Waals surface area contributed by atoms with Gasteiger partial charge >= 0.3 is 0 Å². The molecule has 0 saturated carbocycles. The molecule has 4 rings (SSSR count). The van der Waals surface area contributed by atoms with Gasteiger partial charge in [0.25, 0.3) is 5.91 Å².